The average Bonchev–Trinajstić information content (AvgIpc) is 2.17. The predicted octanol–water partition coefficient (Wildman–Crippen LogP) is 1.60. The molecule has 0 heterocycles. The van der Waals surface area contributed by atoms with E-state index in [0.717, 1.165) is 0 Å². The molecule has 0 spiro atoms. The number of aliphatic hydroxyl groups is 1. The lowest BCUT2D eigenvalue weighted by Gasteiger charge is -2.02. The van der Waals surface area contributed by atoms with Gasteiger partial charge in [-0.25, -0.2) is 4.39 Å². The summed E-state index contributed by atoms with van der Waals surface area (Å²) in [7, 11) is 0. The van der Waals surface area contributed by atoms with Crippen LogP contribution >= 0.6 is 0 Å². The number of hydrogen-bond donors (Lipinski definition) is 1. The van der Waals surface area contributed by atoms with Crippen LogP contribution < -0.4 is 0 Å². The van der Waals surface area contributed by atoms with Crippen molar-refractivity contribution < 1.29 is 14.4 Å². The number of benzene rings is 1. The number of nitrogens with zero attached hydrogens (tertiary/aromatic N) is 1. The second-order valence-corrected chi connectivity index (χ2v) is 2.50. The summed E-state index contributed by atoms with van der Waals surface area (Å²) in [5.41, 5.74) is 0.155. The smallest absolute Gasteiger partial charge is 0.269 e. The van der Waals surface area contributed by atoms with Crippen LogP contribution in [0.2, 0.25) is 0 Å². The molecule has 0 fully saturated rings. The molecule has 1 unspecified atom stereocenters. The zero-order valence-corrected chi connectivity index (χ0v) is 6.68. The summed E-state index contributed by atoms with van der Waals surface area (Å²) in [6.45, 7) is -0.613. The number of nitro benzene ring substituents is 1. The van der Waals surface area contributed by atoms with E-state index in [-0.39, 0.29) is 11.3 Å². The minimum atomic E-state index is -1.47. The summed E-state index contributed by atoms with van der Waals surface area (Å²) >= 11 is 0. The van der Waals surface area contributed by atoms with Gasteiger partial charge in [0.1, 0.15) is 6.17 Å². The zero-order valence-electron chi connectivity index (χ0n) is 6.68. The third kappa shape index (κ3) is 2.22. The first-order valence-corrected chi connectivity index (χ1v) is 3.64. The van der Waals surface area contributed by atoms with E-state index in [2.05, 4.69) is 0 Å². The zero-order chi connectivity index (χ0) is 9.84. The summed E-state index contributed by atoms with van der Waals surface area (Å²) < 4.78 is 12.8. The van der Waals surface area contributed by atoms with E-state index in [1.807, 2.05) is 0 Å². The molecule has 1 rings (SSSR count). The Kier molecular flexibility index (Phi) is 2.92. The van der Waals surface area contributed by atoms with Gasteiger partial charge in [0, 0.05) is 12.1 Å². The molecule has 5 heteroatoms. The fraction of sp³-hybridized carbons (Fsp3) is 0.250. The molecule has 70 valence electrons. The number of aliphatic hydroxyl groups excluding tert-OH is 1. The highest BCUT2D eigenvalue weighted by molar-refractivity contribution is 5.33. The minimum absolute atomic E-state index is 0.0890. The van der Waals surface area contributed by atoms with Crippen molar-refractivity contribution >= 4 is 5.69 Å². The Hall–Kier alpha value is -1.49. The molecule has 0 amide bonds. The molecule has 13 heavy (non-hydrogen) atoms. The van der Waals surface area contributed by atoms with Crippen molar-refractivity contribution in [3.63, 3.8) is 0 Å². The molecule has 0 aliphatic rings. The van der Waals surface area contributed by atoms with E-state index in [1.54, 1.807) is 0 Å². The molecule has 1 aromatic carbocycles. The molecule has 1 aromatic rings. The SMILES string of the molecule is O=[N+]([O-])c1ccc(C(F)CO)cc1. The first-order valence-electron chi connectivity index (χ1n) is 3.64. The standard InChI is InChI=1S/C8H8FNO3/c9-8(5-11)6-1-3-7(4-2-6)10(12)13/h1-4,8,11H,5H2. The van der Waals surface area contributed by atoms with Crippen molar-refractivity contribution in [2.24, 2.45) is 0 Å². The van der Waals surface area contributed by atoms with Gasteiger partial charge in [-0.15, -0.1) is 0 Å². The summed E-state index contributed by atoms with van der Waals surface area (Å²) in [5, 5.41) is 18.7. The van der Waals surface area contributed by atoms with Gasteiger partial charge in [-0.2, -0.15) is 0 Å². The molecular formula is C8H8FNO3. The van der Waals surface area contributed by atoms with Crippen molar-refractivity contribution in [2.45, 2.75) is 6.17 Å². The molecule has 0 saturated heterocycles. The van der Waals surface area contributed by atoms with Crippen LogP contribution in [-0.2, 0) is 0 Å². The number of non-ortho nitro benzene ring substituents is 1. The van der Waals surface area contributed by atoms with Crippen LogP contribution in [-0.4, -0.2) is 16.6 Å². The van der Waals surface area contributed by atoms with Crippen molar-refractivity contribution in [3.8, 4) is 0 Å². The first-order chi connectivity index (χ1) is 6.15. The molecule has 1 atom stereocenters. The minimum Gasteiger partial charge on any atom is -0.393 e. The van der Waals surface area contributed by atoms with E-state index in [1.165, 1.54) is 24.3 Å². The molecule has 0 aromatic heterocycles. The summed E-state index contributed by atoms with van der Waals surface area (Å²) in [6.07, 6.45) is -1.47. The van der Waals surface area contributed by atoms with Gasteiger partial charge in [0.05, 0.1) is 11.5 Å². The third-order valence-electron chi connectivity index (χ3n) is 1.63. The molecule has 0 bridgehead atoms. The number of rotatable bonds is 3. The van der Waals surface area contributed by atoms with Gasteiger partial charge in [0.15, 0.2) is 0 Å². The van der Waals surface area contributed by atoms with Crippen molar-refractivity contribution in [1.82, 2.24) is 0 Å². The number of hydrogen-bond acceptors (Lipinski definition) is 3. The number of alkyl halides is 1. The second-order valence-electron chi connectivity index (χ2n) is 2.50. The van der Waals surface area contributed by atoms with Crippen LogP contribution in [0.1, 0.15) is 11.7 Å². The maximum atomic E-state index is 12.8. The predicted molar refractivity (Wildman–Crippen MR) is 44.0 cm³/mol. The Labute approximate surface area is 73.8 Å². The molecule has 1 N–H and O–H groups in total. The van der Waals surface area contributed by atoms with Crippen LogP contribution in [0.4, 0.5) is 10.1 Å². The summed E-state index contributed by atoms with van der Waals surface area (Å²) in [5.74, 6) is 0. The van der Waals surface area contributed by atoms with Crippen LogP contribution in [0.5, 0.6) is 0 Å². The number of nitro groups is 1. The Morgan fingerprint density at radius 2 is 2.00 bits per heavy atom. The summed E-state index contributed by atoms with van der Waals surface area (Å²) in [4.78, 5) is 9.65. The van der Waals surface area contributed by atoms with E-state index in [4.69, 9.17) is 5.11 Å². The highest BCUT2D eigenvalue weighted by Gasteiger charge is 2.10. The van der Waals surface area contributed by atoms with Crippen LogP contribution in [0.3, 0.4) is 0 Å². The molecule has 0 radical (unpaired) electrons. The Morgan fingerprint density at radius 1 is 1.46 bits per heavy atom. The second kappa shape index (κ2) is 3.95. The molecule has 4 nitrogen and oxygen atoms in total. The van der Waals surface area contributed by atoms with E-state index in [0.29, 0.717) is 0 Å². The van der Waals surface area contributed by atoms with Crippen LogP contribution in [0.25, 0.3) is 0 Å². The van der Waals surface area contributed by atoms with Gasteiger partial charge in [-0.1, -0.05) is 0 Å². The number of halogens is 1. The lowest BCUT2D eigenvalue weighted by atomic mass is 10.1. The van der Waals surface area contributed by atoms with E-state index in [9.17, 15) is 14.5 Å². The van der Waals surface area contributed by atoms with Crippen LogP contribution in [0.15, 0.2) is 24.3 Å². The van der Waals surface area contributed by atoms with Gasteiger partial charge >= 0.3 is 0 Å². The third-order valence-corrected chi connectivity index (χ3v) is 1.63. The lowest BCUT2D eigenvalue weighted by Crippen LogP contribution is -1.97. The Balaban J connectivity index is 2.87. The topological polar surface area (TPSA) is 63.4 Å². The lowest BCUT2D eigenvalue weighted by molar-refractivity contribution is -0.384. The maximum absolute atomic E-state index is 12.8. The fourth-order valence-corrected chi connectivity index (χ4v) is 0.910. The van der Waals surface area contributed by atoms with Gasteiger partial charge in [-0.3, -0.25) is 10.1 Å². The van der Waals surface area contributed by atoms with Crippen molar-refractivity contribution in [3.05, 3.63) is 39.9 Å². The highest BCUT2D eigenvalue weighted by atomic mass is 19.1. The monoisotopic (exact) mass is 185 g/mol. The summed E-state index contributed by atoms with van der Waals surface area (Å²) in [6, 6.07) is 4.99. The average molecular weight is 185 g/mol. The quantitative estimate of drug-likeness (QED) is 0.574. The van der Waals surface area contributed by atoms with Crippen molar-refractivity contribution in [1.29, 1.82) is 0 Å². The highest BCUT2D eigenvalue weighted by Crippen LogP contribution is 2.19. The molecule has 0 aliphatic carbocycles. The Bertz CT molecular complexity index is 299. The van der Waals surface area contributed by atoms with Crippen LogP contribution in [0, 0.1) is 10.1 Å². The fourth-order valence-electron chi connectivity index (χ4n) is 0.910. The van der Waals surface area contributed by atoms with E-state index < -0.39 is 17.7 Å². The van der Waals surface area contributed by atoms with Gasteiger partial charge in [-0.05, 0) is 17.7 Å². The molecular weight excluding hydrogens is 177 g/mol. The van der Waals surface area contributed by atoms with Gasteiger partial charge in [0.25, 0.3) is 5.69 Å². The van der Waals surface area contributed by atoms with Gasteiger partial charge in [0.2, 0.25) is 0 Å². The molecule has 0 aliphatic heterocycles. The van der Waals surface area contributed by atoms with Crippen molar-refractivity contribution in [2.75, 3.05) is 6.61 Å². The molecule has 0 saturated carbocycles. The van der Waals surface area contributed by atoms with E-state index >= 15 is 0 Å². The van der Waals surface area contributed by atoms with Gasteiger partial charge < -0.3 is 5.11 Å². The Morgan fingerprint density at radius 3 is 2.38 bits per heavy atom. The first kappa shape index (κ1) is 9.60. The normalized spacial score (nSPS) is 12.5. The maximum Gasteiger partial charge on any atom is 0.269 e. The largest absolute Gasteiger partial charge is 0.393 e.